The van der Waals surface area contributed by atoms with E-state index in [0.717, 1.165) is 24.0 Å². The Morgan fingerprint density at radius 1 is 1.09 bits per heavy atom. The van der Waals surface area contributed by atoms with Crippen molar-refractivity contribution in [1.82, 2.24) is 0 Å². The maximum atomic E-state index is 12.3. The van der Waals surface area contributed by atoms with E-state index in [9.17, 15) is 24.6 Å². The Bertz CT molecular complexity index is 1010. The molecule has 2 N–H and O–H groups in total. The summed E-state index contributed by atoms with van der Waals surface area (Å²) in [5.41, 5.74) is -0.454. The quantitative estimate of drug-likeness (QED) is 0.460. The average molecular weight is 489 g/mol. The molecule has 0 spiro atoms. The molecule has 4 aliphatic carbocycles. The van der Waals surface area contributed by atoms with Crippen LogP contribution in [0.1, 0.15) is 66.2 Å². The van der Waals surface area contributed by atoms with E-state index in [4.69, 9.17) is 14.2 Å². The molecule has 3 saturated carbocycles. The highest BCUT2D eigenvalue weighted by Crippen LogP contribution is 2.68. The van der Waals surface area contributed by atoms with Crippen molar-refractivity contribution in [2.45, 2.75) is 90.1 Å². The van der Waals surface area contributed by atoms with Gasteiger partial charge in [-0.15, -0.1) is 0 Å². The summed E-state index contributed by atoms with van der Waals surface area (Å²) in [6.07, 6.45) is 5.18. The maximum absolute atomic E-state index is 12.3. The van der Waals surface area contributed by atoms with Crippen LogP contribution in [0, 0.1) is 28.6 Å². The lowest BCUT2D eigenvalue weighted by Crippen LogP contribution is -2.67. The van der Waals surface area contributed by atoms with Crippen LogP contribution in [-0.4, -0.2) is 58.6 Å². The Labute approximate surface area is 205 Å². The van der Waals surface area contributed by atoms with Gasteiger partial charge >= 0.3 is 17.9 Å². The number of fused-ring (bicyclic) bond motifs is 5. The van der Waals surface area contributed by atoms with E-state index in [-0.39, 0.29) is 30.3 Å². The third-order valence-electron chi connectivity index (χ3n) is 9.98. The first-order valence-corrected chi connectivity index (χ1v) is 12.7. The first kappa shape index (κ1) is 24.5. The second-order valence-corrected chi connectivity index (χ2v) is 11.8. The van der Waals surface area contributed by atoms with Crippen LogP contribution in [0.3, 0.4) is 0 Å². The number of aliphatic hydroxyl groups is 2. The standard InChI is InChI=1S/C27H36O8/c1-14(28)34-21-10-17-5-6-19-24(25(17,3)12-22(21)35-15(2)29)20(30)11-26(4)18(7-8-27(19,26)32)16-9-23(31)33-13-16/h7,9,17,19-22,24,30,32H,5-6,8,10-13H2,1-4H3/t17-,19-,20+,21-,22-,24-,25+,26-,27+/m1/s1. The largest absolute Gasteiger partial charge is 0.459 e. The lowest BCUT2D eigenvalue weighted by molar-refractivity contribution is -0.245. The zero-order chi connectivity index (χ0) is 25.3. The van der Waals surface area contributed by atoms with Crippen molar-refractivity contribution in [1.29, 1.82) is 0 Å². The molecule has 1 aliphatic heterocycles. The van der Waals surface area contributed by atoms with E-state index in [1.54, 1.807) is 0 Å². The molecule has 192 valence electrons. The molecule has 9 atom stereocenters. The molecule has 0 radical (unpaired) electrons. The van der Waals surface area contributed by atoms with Gasteiger partial charge in [0.2, 0.25) is 0 Å². The van der Waals surface area contributed by atoms with Crippen molar-refractivity contribution in [3.8, 4) is 0 Å². The maximum Gasteiger partial charge on any atom is 0.331 e. The van der Waals surface area contributed by atoms with E-state index in [2.05, 4.69) is 6.92 Å². The Hall–Kier alpha value is -2.19. The zero-order valence-electron chi connectivity index (χ0n) is 20.9. The first-order valence-electron chi connectivity index (χ1n) is 12.7. The number of cyclic esters (lactones) is 1. The topological polar surface area (TPSA) is 119 Å². The molecular weight excluding hydrogens is 452 g/mol. The molecule has 8 heteroatoms. The van der Waals surface area contributed by atoms with Gasteiger partial charge < -0.3 is 24.4 Å². The summed E-state index contributed by atoms with van der Waals surface area (Å²) in [4.78, 5) is 35.4. The fourth-order valence-corrected chi connectivity index (χ4v) is 8.57. The van der Waals surface area contributed by atoms with Gasteiger partial charge in [0.15, 0.2) is 0 Å². The Balaban J connectivity index is 1.47. The molecule has 5 aliphatic rings. The van der Waals surface area contributed by atoms with Crippen LogP contribution in [0.25, 0.3) is 0 Å². The molecule has 35 heavy (non-hydrogen) atoms. The number of hydrogen-bond acceptors (Lipinski definition) is 8. The van der Waals surface area contributed by atoms with Crippen LogP contribution >= 0.6 is 0 Å². The highest BCUT2D eigenvalue weighted by molar-refractivity contribution is 5.86. The van der Waals surface area contributed by atoms with Gasteiger partial charge in [-0.1, -0.05) is 19.9 Å². The van der Waals surface area contributed by atoms with Gasteiger partial charge in [0.1, 0.15) is 18.8 Å². The van der Waals surface area contributed by atoms with Crippen molar-refractivity contribution in [3.05, 3.63) is 23.3 Å². The summed E-state index contributed by atoms with van der Waals surface area (Å²) in [6.45, 7) is 7.05. The monoisotopic (exact) mass is 488 g/mol. The van der Waals surface area contributed by atoms with Crippen molar-refractivity contribution < 1.29 is 38.8 Å². The number of carbonyl (C=O) groups excluding carboxylic acids is 3. The molecule has 3 fully saturated rings. The van der Waals surface area contributed by atoms with Crippen molar-refractivity contribution in [3.63, 3.8) is 0 Å². The normalized spacial score (nSPS) is 46.4. The van der Waals surface area contributed by atoms with Crippen molar-refractivity contribution in [2.24, 2.45) is 28.6 Å². The second kappa shape index (κ2) is 8.17. The van der Waals surface area contributed by atoms with Crippen LogP contribution in [0.2, 0.25) is 0 Å². The minimum absolute atomic E-state index is 0.159. The van der Waals surface area contributed by atoms with Crippen molar-refractivity contribution in [2.75, 3.05) is 6.61 Å². The van der Waals surface area contributed by atoms with Gasteiger partial charge in [0.25, 0.3) is 0 Å². The second-order valence-electron chi connectivity index (χ2n) is 11.8. The highest BCUT2D eigenvalue weighted by atomic mass is 16.6. The summed E-state index contributed by atoms with van der Waals surface area (Å²) in [5, 5.41) is 24.0. The van der Waals surface area contributed by atoms with Crippen LogP contribution in [-0.2, 0) is 28.6 Å². The van der Waals surface area contributed by atoms with E-state index in [0.29, 0.717) is 25.7 Å². The van der Waals surface area contributed by atoms with E-state index in [1.807, 2.05) is 13.0 Å². The number of rotatable bonds is 3. The van der Waals surface area contributed by atoms with Crippen LogP contribution in [0.15, 0.2) is 23.3 Å². The molecule has 5 rings (SSSR count). The van der Waals surface area contributed by atoms with Crippen LogP contribution in [0.5, 0.6) is 0 Å². The first-order chi connectivity index (χ1) is 16.4. The van der Waals surface area contributed by atoms with Gasteiger partial charge in [-0.2, -0.15) is 0 Å². The Kier molecular flexibility index (Phi) is 5.72. The van der Waals surface area contributed by atoms with E-state index in [1.165, 1.54) is 19.9 Å². The SMILES string of the molecule is CC(=O)O[C@@H]1C[C@H]2CC[C@@H]3[C@H]([C@@H](O)C[C@]4(C)C(C5=CC(=O)OC5)=CC[C@]34O)[C@@]2(C)C[C@H]1OC(C)=O. The molecule has 0 amide bonds. The molecular formula is C27H36O8. The van der Waals surface area contributed by atoms with Gasteiger partial charge in [-0.25, -0.2) is 4.79 Å². The summed E-state index contributed by atoms with van der Waals surface area (Å²) >= 11 is 0. The Morgan fingerprint density at radius 3 is 2.40 bits per heavy atom. The van der Waals surface area contributed by atoms with Gasteiger partial charge in [-0.3, -0.25) is 9.59 Å². The fourth-order valence-electron chi connectivity index (χ4n) is 8.57. The zero-order valence-corrected chi connectivity index (χ0v) is 20.9. The minimum Gasteiger partial charge on any atom is -0.459 e. The summed E-state index contributed by atoms with van der Waals surface area (Å²) in [7, 11) is 0. The minimum atomic E-state index is -1.06. The third-order valence-corrected chi connectivity index (χ3v) is 9.98. The van der Waals surface area contributed by atoms with Crippen LogP contribution in [0.4, 0.5) is 0 Å². The highest BCUT2D eigenvalue weighted by Gasteiger charge is 2.69. The van der Waals surface area contributed by atoms with E-state index < -0.39 is 46.7 Å². The predicted octanol–water partition coefficient (Wildman–Crippen LogP) is 2.61. The Morgan fingerprint density at radius 2 is 1.77 bits per heavy atom. The molecule has 8 nitrogen and oxygen atoms in total. The number of aliphatic hydroxyl groups excluding tert-OH is 1. The average Bonchev–Trinajstić information content (AvgIpc) is 3.28. The van der Waals surface area contributed by atoms with Gasteiger partial charge in [-0.05, 0) is 67.3 Å². The fraction of sp³-hybridized carbons (Fsp3) is 0.741. The van der Waals surface area contributed by atoms with E-state index >= 15 is 0 Å². The number of esters is 3. The molecule has 0 unspecified atom stereocenters. The summed E-state index contributed by atoms with van der Waals surface area (Å²) in [5.74, 6) is -1.39. The lowest BCUT2D eigenvalue weighted by Gasteiger charge is -2.65. The molecule has 0 aromatic heterocycles. The number of carbonyl (C=O) groups is 3. The summed E-state index contributed by atoms with van der Waals surface area (Å²) in [6, 6.07) is 0. The molecule has 0 saturated heterocycles. The smallest absolute Gasteiger partial charge is 0.331 e. The molecule has 0 aromatic carbocycles. The van der Waals surface area contributed by atoms with Crippen molar-refractivity contribution >= 4 is 17.9 Å². The molecule has 1 heterocycles. The van der Waals surface area contributed by atoms with Gasteiger partial charge in [0, 0.05) is 30.9 Å². The predicted molar refractivity (Wildman–Crippen MR) is 124 cm³/mol. The van der Waals surface area contributed by atoms with Gasteiger partial charge in [0.05, 0.1) is 11.7 Å². The lowest BCUT2D eigenvalue weighted by atomic mass is 9.42. The number of ether oxygens (including phenoxy) is 3. The van der Waals surface area contributed by atoms with Crippen LogP contribution < -0.4 is 0 Å². The molecule has 0 bridgehead atoms. The third kappa shape index (κ3) is 3.58. The summed E-state index contributed by atoms with van der Waals surface area (Å²) < 4.78 is 16.3. The molecule has 0 aromatic rings. The number of hydrogen-bond donors (Lipinski definition) is 2.